The van der Waals surface area contributed by atoms with Gasteiger partial charge in [-0.1, -0.05) is 6.92 Å². The zero-order valence-electron chi connectivity index (χ0n) is 8.60. The van der Waals surface area contributed by atoms with Gasteiger partial charge in [-0.15, -0.1) is 21.5 Å². The number of nitrogens with zero attached hydrogens (tertiary/aromatic N) is 3. The van der Waals surface area contributed by atoms with Gasteiger partial charge in [0.1, 0.15) is 4.88 Å². The molecule has 2 rings (SSSR count). The quantitative estimate of drug-likeness (QED) is 0.858. The second-order valence-electron chi connectivity index (χ2n) is 3.06. The van der Waals surface area contributed by atoms with Gasteiger partial charge in [-0.3, -0.25) is 4.98 Å². The van der Waals surface area contributed by atoms with Gasteiger partial charge < -0.3 is 9.73 Å². The van der Waals surface area contributed by atoms with Crippen LogP contribution in [-0.2, 0) is 0 Å². The number of thiazole rings is 1. The smallest absolute Gasteiger partial charge is 0.259 e. The lowest BCUT2D eigenvalue weighted by atomic mass is 10.2. The van der Waals surface area contributed by atoms with Crippen LogP contribution in [0.3, 0.4) is 0 Å². The van der Waals surface area contributed by atoms with Gasteiger partial charge >= 0.3 is 0 Å². The van der Waals surface area contributed by atoms with Crippen molar-refractivity contribution >= 4 is 11.3 Å². The van der Waals surface area contributed by atoms with Crippen LogP contribution >= 0.6 is 11.3 Å². The monoisotopic (exact) mass is 224 g/mol. The van der Waals surface area contributed by atoms with Crippen molar-refractivity contribution in [2.45, 2.75) is 19.4 Å². The SMILES string of the molecule is CCC(NC)c1nnc(-c2cncs2)o1. The second kappa shape index (κ2) is 4.50. The van der Waals surface area contributed by atoms with E-state index in [9.17, 15) is 0 Å². The largest absolute Gasteiger partial charge is 0.418 e. The molecule has 2 heterocycles. The maximum absolute atomic E-state index is 5.56. The van der Waals surface area contributed by atoms with Crippen LogP contribution in [-0.4, -0.2) is 22.2 Å². The Kier molecular flexibility index (Phi) is 3.08. The van der Waals surface area contributed by atoms with Crippen LogP contribution in [0, 0.1) is 0 Å². The van der Waals surface area contributed by atoms with E-state index in [0.717, 1.165) is 11.3 Å². The normalized spacial score (nSPS) is 12.9. The van der Waals surface area contributed by atoms with Crippen LogP contribution < -0.4 is 5.32 Å². The molecule has 0 aliphatic carbocycles. The first kappa shape index (κ1) is 10.3. The molecule has 80 valence electrons. The van der Waals surface area contributed by atoms with Crippen molar-refractivity contribution in [1.82, 2.24) is 20.5 Å². The fraction of sp³-hybridized carbons (Fsp3) is 0.444. The third kappa shape index (κ3) is 2.05. The van der Waals surface area contributed by atoms with E-state index >= 15 is 0 Å². The van der Waals surface area contributed by atoms with E-state index in [-0.39, 0.29) is 6.04 Å². The zero-order chi connectivity index (χ0) is 10.7. The maximum Gasteiger partial charge on any atom is 0.259 e. The topological polar surface area (TPSA) is 63.8 Å². The molecule has 0 aliphatic rings. The highest BCUT2D eigenvalue weighted by Crippen LogP contribution is 2.24. The van der Waals surface area contributed by atoms with Crippen LogP contribution in [0.4, 0.5) is 0 Å². The summed E-state index contributed by atoms with van der Waals surface area (Å²) in [6, 6.07) is 0.124. The molecule has 0 aliphatic heterocycles. The second-order valence-corrected chi connectivity index (χ2v) is 3.95. The molecule has 5 nitrogen and oxygen atoms in total. The Morgan fingerprint density at radius 2 is 2.40 bits per heavy atom. The Bertz CT molecular complexity index is 407. The van der Waals surface area contributed by atoms with E-state index in [1.807, 2.05) is 7.05 Å². The van der Waals surface area contributed by atoms with Gasteiger partial charge in [0.05, 0.1) is 17.7 Å². The van der Waals surface area contributed by atoms with Gasteiger partial charge in [-0.05, 0) is 13.5 Å². The molecule has 1 atom stereocenters. The van der Waals surface area contributed by atoms with Gasteiger partial charge in [0, 0.05) is 0 Å². The first-order chi connectivity index (χ1) is 7.35. The molecule has 2 aromatic rings. The summed E-state index contributed by atoms with van der Waals surface area (Å²) in [4.78, 5) is 4.87. The van der Waals surface area contributed by atoms with Gasteiger partial charge in [-0.2, -0.15) is 0 Å². The van der Waals surface area contributed by atoms with Crippen LogP contribution in [0.2, 0.25) is 0 Å². The van der Waals surface area contributed by atoms with Crippen molar-refractivity contribution in [1.29, 1.82) is 0 Å². The molecule has 0 fully saturated rings. The first-order valence-electron chi connectivity index (χ1n) is 4.74. The minimum Gasteiger partial charge on any atom is -0.418 e. The number of rotatable bonds is 4. The Labute approximate surface area is 91.6 Å². The Hall–Kier alpha value is -1.27. The molecule has 0 aromatic carbocycles. The molecule has 0 saturated heterocycles. The first-order valence-corrected chi connectivity index (χ1v) is 5.62. The van der Waals surface area contributed by atoms with Crippen LogP contribution in [0.25, 0.3) is 10.8 Å². The number of nitrogens with one attached hydrogen (secondary N) is 1. The summed E-state index contributed by atoms with van der Waals surface area (Å²) in [7, 11) is 1.88. The lowest BCUT2D eigenvalue weighted by Crippen LogP contribution is -2.15. The average molecular weight is 224 g/mol. The van der Waals surface area contributed by atoms with E-state index in [0.29, 0.717) is 11.8 Å². The predicted octanol–water partition coefficient (Wildman–Crippen LogP) is 1.86. The van der Waals surface area contributed by atoms with Gasteiger partial charge in [0.2, 0.25) is 5.89 Å². The summed E-state index contributed by atoms with van der Waals surface area (Å²) in [5.74, 6) is 1.17. The minimum absolute atomic E-state index is 0.124. The van der Waals surface area contributed by atoms with Crippen LogP contribution in [0.5, 0.6) is 0 Å². The highest BCUT2D eigenvalue weighted by molar-refractivity contribution is 7.13. The summed E-state index contributed by atoms with van der Waals surface area (Å²) in [6.45, 7) is 2.07. The molecule has 2 aromatic heterocycles. The fourth-order valence-electron chi connectivity index (χ4n) is 1.30. The van der Waals surface area contributed by atoms with Crippen molar-refractivity contribution in [3.63, 3.8) is 0 Å². The van der Waals surface area contributed by atoms with Crippen LogP contribution in [0.15, 0.2) is 16.1 Å². The van der Waals surface area contributed by atoms with Gasteiger partial charge in [0.15, 0.2) is 0 Å². The zero-order valence-corrected chi connectivity index (χ0v) is 9.41. The molecule has 6 heteroatoms. The standard InChI is InChI=1S/C9H12N4OS/c1-3-6(10-2)8-12-13-9(14-8)7-4-11-5-15-7/h4-6,10H,3H2,1-2H3. The summed E-state index contributed by atoms with van der Waals surface area (Å²) in [5, 5.41) is 11.1. The summed E-state index contributed by atoms with van der Waals surface area (Å²) in [5.41, 5.74) is 1.74. The Morgan fingerprint density at radius 3 is 3.00 bits per heavy atom. The maximum atomic E-state index is 5.56. The molecule has 15 heavy (non-hydrogen) atoms. The predicted molar refractivity (Wildman–Crippen MR) is 57.5 cm³/mol. The van der Waals surface area contributed by atoms with Crippen molar-refractivity contribution in [2.75, 3.05) is 7.05 Å². The van der Waals surface area contributed by atoms with E-state index in [2.05, 4.69) is 27.4 Å². The Morgan fingerprint density at radius 1 is 1.53 bits per heavy atom. The molecule has 0 amide bonds. The van der Waals surface area contributed by atoms with E-state index in [1.54, 1.807) is 11.7 Å². The van der Waals surface area contributed by atoms with Crippen molar-refractivity contribution in [3.8, 4) is 10.8 Å². The molecule has 0 bridgehead atoms. The van der Waals surface area contributed by atoms with E-state index in [4.69, 9.17) is 4.42 Å². The molecule has 1 N–H and O–H groups in total. The molecule has 1 unspecified atom stereocenters. The number of hydrogen-bond acceptors (Lipinski definition) is 6. The Balaban J connectivity index is 2.24. The van der Waals surface area contributed by atoms with Gasteiger partial charge in [0.25, 0.3) is 5.89 Å². The van der Waals surface area contributed by atoms with E-state index in [1.165, 1.54) is 11.3 Å². The number of aromatic nitrogens is 3. The third-order valence-corrected chi connectivity index (χ3v) is 2.90. The molecular formula is C9H12N4OS. The third-order valence-electron chi connectivity index (χ3n) is 2.14. The molecule has 0 spiro atoms. The van der Waals surface area contributed by atoms with E-state index < -0.39 is 0 Å². The van der Waals surface area contributed by atoms with Gasteiger partial charge in [-0.25, -0.2) is 0 Å². The fourth-order valence-corrected chi connectivity index (χ4v) is 1.84. The summed E-state index contributed by atoms with van der Waals surface area (Å²) < 4.78 is 5.56. The molecular weight excluding hydrogens is 212 g/mol. The molecule has 0 radical (unpaired) electrons. The average Bonchev–Trinajstić information content (AvgIpc) is 2.89. The number of hydrogen-bond donors (Lipinski definition) is 1. The summed E-state index contributed by atoms with van der Waals surface area (Å²) in [6.07, 6.45) is 2.64. The van der Waals surface area contributed by atoms with Crippen molar-refractivity contribution < 1.29 is 4.42 Å². The van der Waals surface area contributed by atoms with Crippen molar-refractivity contribution in [2.24, 2.45) is 0 Å². The highest BCUT2D eigenvalue weighted by Gasteiger charge is 2.16. The van der Waals surface area contributed by atoms with Crippen LogP contribution in [0.1, 0.15) is 25.3 Å². The lowest BCUT2D eigenvalue weighted by Gasteiger charge is -2.06. The lowest BCUT2D eigenvalue weighted by molar-refractivity contribution is 0.415. The molecule has 0 saturated carbocycles. The highest BCUT2D eigenvalue weighted by atomic mass is 32.1. The van der Waals surface area contributed by atoms with Crippen molar-refractivity contribution in [3.05, 3.63) is 17.6 Å². The summed E-state index contributed by atoms with van der Waals surface area (Å²) >= 11 is 1.49. The minimum atomic E-state index is 0.124.